The molecule has 1 aromatic heterocycles. The van der Waals surface area contributed by atoms with Gasteiger partial charge in [-0.2, -0.15) is 0 Å². The number of methoxy groups -OCH3 is 1. The zero-order valence-electron chi connectivity index (χ0n) is 12.3. The van der Waals surface area contributed by atoms with Crippen molar-refractivity contribution in [3.8, 4) is 5.75 Å². The number of aromatic nitrogens is 1. The fourth-order valence-electron chi connectivity index (χ4n) is 2.33. The summed E-state index contributed by atoms with van der Waals surface area (Å²) < 4.78 is 5.27. The number of rotatable bonds is 6. The van der Waals surface area contributed by atoms with Gasteiger partial charge in [-0.25, -0.2) is 4.98 Å². The molecule has 1 atom stereocenters. The van der Waals surface area contributed by atoms with Crippen LogP contribution in [0.25, 0.3) is 10.8 Å². The third-order valence-electron chi connectivity index (χ3n) is 3.29. The van der Waals surface area contributed by atoms with Gasteiger partial charge in [0, 0.05) is 11.6 Å². The SMILES string of the molecule is COc1ccc2ccnc(NC(CO)CC(C)C)c2c1. The van der Waals surface area contributed by atoms with E-state index in [0.29, 0.717) is 5.92 Å². The van der Waals surface area contributed by atoms with Crippen molar-refractivity contribution in [3.05, 3.63) is 30.5 Å². The topological polar surface area (TPSA) is 54.4 Å². The normalized spacial score (nSPS) is 12.7. The molecule has 4 nitrogen and oxygen atoms in total. The van der Waals surface area contributed by atoms with Gasteiger partial charge in [-0.05, 0) is 35.9 Å². The summed E-state index contributed by atoms with van der Waals surface area (Å²) in [5, 5.41) is 14.9. The number of aliphatic hydroxyl groups is 1. The Labute approximate surface area is 119 Å². The van der Waals surface area contributed by atoms with Crippen LogP contribution in [0.3, 0.4) is 0 Å². The minimum Gasteiger partial charge on any atom is -0.497 e. The number of anilines is 1. The first-order valence-corrected chi connectivity index (χ1v) is 6.94. The minimum absolute atomic E-state index is 0.0132. The highest BCUT2D eigenvalue weighted by atomic mass is 16.5. The second-order valence-electron chi connectivity index (χ2n) is 5.40. The predicted octanol–water partition coefficient (Wildman–Crippen LogP) is 3.06. The molecule has 1 unspecified atom stereocenters. The fourth-order valence-corrected chi connectivity index (χ4v) is 2.33. The molecule has 2 N–H and O–H groups in total. The lowest BCUT2D eigenvalue weighted by atomic mass is 10.0. The molecule has 1 heterocycles. The zero-order valence-corrected chi connectivity index (χ0v) is 12.3. The van der Waals surface area contributed by atoms with Crippen LogP contribution in [0.2, 0.25) is 0 Å². The number of fused-ring (bicyclic) bond motifs is 1. The highest BCUT2D eigenvalue weighted by Crippen LogP contribution is 2.26. The number of ether oxygens (including phenoxy) is 1. The molecule has 0 fully saturated rings. The van der Waals surface area contributed by atoms with E-state index < -0.39 is 0 Å². The van der Waals surface area contributed by atoms with Gasteiger partial charge in [0.2, 0.25) is 0 Å². The molecule has 0 bridgehead atoms. The van der Waals surface area contributed by atoms with Gasteiger partial charge in [-0.3, -0.25) is 0 Å². The highest BCUT2D eigenvalue weighted by Gasteiger charge is 2.12. The Morgan fingerprint density at radius 3 is 2.75 bits per heavy atom. The van der Waals surface area contributed by atoms with Gasteiger partial charge >= 0.3 is 0 Å². The predicted molar refractivity (Wildman–Crippen MR) is 82.2 cm³/mol. The number of hydrogen-bond donors (Lipinski definition) is 2. The Kier molecular flexibility index (Phi) is 4.79. The maximum absolute atomic E-state index is 9.49. The maximum Gasteiger partial charge on any atom is 0.134 e. The van der Waals surface area contributed by atoms with Gasteiger partial charge in [0.05, 0.1) is 19.8 Å². The summed E-state index contributed by atoms with van der Waals surface area (Å²) in [7, 11) is 1.65. The summed E-state index contributed by atoms with van der Waals surface area (Å²) >= 11 is 0. The summed E-state index contributed by atoms with van der Waals surface area (Å²) in [6.45, 7) is 4.38. The lowest BCUT2D eigenvalue weighted by Gasteiger charge is -2.20. The van der Waals surface area contributed by atoms with Crippen molar-refractivity contribution in [3.63, 3.8) is 0 Å². The van der Waals surface area contributed by atoms with Crippen LogP contribution < -0.4 is 10.1 Å². The molecular weight excluding hydrogens is 252 g/mol. The van der Waals surface area contributed by atoms with Crippen molar-refractivity contribution in [2.45, 2.75) is 26.3 Å². The first-order valence-electron chi connectivity index (χ1n) is 6.94. The standard InChI is InChI=1S/C16H22N2O2/c1-11(2)8-13(10-19)18-16-15-9-14(20-3)5-4-12(15)6-7-17-16/h4-7,9,11,13,19H,8,10H2,1-3H3,(H,17,18). The Bertz CT molecular complexity index is 569. The van der Waals surface area contributed by atoms with Crippen LogP contribution in [0.5, 0.6) is 5.75 Å². The molecule has 2 rings (SSSR count). The molecule has 0 radical (unpaired) electrons. The van der Waals surface area contributed by atoms with E-state index in [9.17, 15) is 5.11 Å². The summed E-state index contributed by atoms with van der Waals surface area (Å²) in [5.41, 5.74) is 0. The Hall–Kier alpha value is -1.81. The molecule has 0 aliphatic heterocycles. The molecule has 0 saturated carbocycles. The fraction of sp³-hybridized carbons (Fsp3) is 0.438. The minimum atomic E-state index is 0.0132. The van der Waals surface area contributed by atoms with E-state index >= 15 is 0 Å². The Morgan fingerprint density at radius 2 is 2.10 bits per heavy atom. The third-order valence-corrected chi connectivity index (χ3v) is 3.29. The van der Waals surface area contributed by atoms with Crippen molar-refractivity contribution in [2.24, 2.45) is 5.92 Å². The number of nitrogens with one attached hydrogen (secondary N) is 1. The molecule has 108 valence electrons. The van der Waals surface area contributed by atoms with Crippen LogP contribution in [0, 0.1) is 5.92 Å². The van der Waals surface area contributed by atoms with Crippen LogP contribution in [0.15, 0.2) is 30.5 Å². The monoisotopic (exact) mass is 274 g/mol. The van der Waals surface area contributed by atoms with E-state index in [4.69, 9.17) is 4.74 Å². The van der Waals surface area contributed by atoms with Gasteiger partial charge in [0.25, 0.3) is 0 Å². The van der Waals surface area contributed by atoms with Crippen molar-refractivity contribution in [2.75, 3.05) is 19.0 Å². The van der Waals surface area contributed by atoms with Crippen molar-refractivity contribution in [1.29, 1.82) is 0 Å². The van der Waals surface area contributed by atoms with E-state index in [1.54, 1.807) is 13.3 Å². The van der Waals surface area contributed by atoms with Crippen molar-refractivity contribution in [1.82, 2.24) is 4.98 Å². The Morgan fingerprint density at radius 1 is 1.30 bits per heavy atom. The van der Waals surface area contributed by atoms with Crippen molar-refractivity contribution >= 4 is 16.6 Å². The summed E-state index contributed by atoms with van der Waals surface area (Å²) in [4.78, 5) is 4.40. The number of nitrogens with zero attached hydrogens (tertiary/aromatic N) is 1. The zero-order chi connectivity index (χ0) is 14.5. The number of aliphatic hydroxyl groups excluding tert-OH is 1. The van der Waals surface area contributed by atoms with Crippen LogP contribution in [-0.2, 0) is 0 Å². The lowest BCUT2D eigenvalue weighted by molar-refractivity contribution is 0.259. The molecular formula is C16H22N2O2. The van der Waals surface area contributed by atoms with Gasteiger partial charge in [-0.15, -0.1) is 0 Å². The second kappa shape index (κ2) is 6.57. The molecule has 1 aromatic carbocycles. The van der Waals surface area contributed by atoms with Crippen molar-refractivity contribution < 1.29 is 9.84 Å². The second-order valence-corrected chi connectivity index (χ2v) is 5.40. The molecule has 0 saturated heterocycles. The summed E-state index contributed by atoms with van der Waals surface area (Å²) in [6, 6.07) is 7.89. The van der Waals surface area contributed by atoms with E-state index in [1.165, 1.54) is 0 Å². The first kappa shape index (κ1) is 14.6. The molecule has 4 heteroatoms. The van der Waals surface area contributed by atoms with E-state index in [2.05, 4.69) is 24.1 Å². The summed E-state index contributed by atoms with van der Waals surface area (Å²) in [5.74, 6) is 2.11. The van der Waals surface area contributed by atoms with Crippen LogP contribution in [0.4, 0.5) is 5.82 Å². The van der Waals surface area contributed by atoms with Gasteiger partial charge < -0.3 is 15.2 Å². The number of benzene rings is 1. The van der Waals surface area contributed by atoms with Gasteiger partial charge in [-0.1, -0.05) is 19.9 Å². The van der Waals surface area contributed by atoms with Crippen LogP contribution >= 0.6 is 0 Å². The van der Waals surface area contributed by atoms with Gasteiger partial charge in [0.1, 0.15) is 11.6 Å². The lowest BCUT2D eigenvalue weighted by Crippen LogP contribution is -2.26. The third kappa shape index (κ3) is 3.39. The Balaban J connectivity index is 2.32. The number of hydrogen-bond acceptors (Lipinski definition) is 4. The molecule has 20 heavy (non-hydrogen) atoms. The average Bonchev–Trinajstić information content (AvgIpc) is 2.45. The quantitative estimate of drug-likeness (QED) is 0.850. The van der Waals surface area contributed by atoms with Crippen LogP contribution in [0.1, 0.15) is 20.3 Å². The molecule has 2 aromatic rings. The van der Waals surface area contributed by atoms with E-state index in [-0.39, 0.29) is 12.6 Å². The maximum atomic E-state index is 9.49. The molecule has 0 aliphatic carbocycles. The average molecular weight is 274 g/mol. The molecule has 0 amide bonds. The van der Waals surface area contributed by atoms with E-state index in [1.807, 2.05) is 24.3 Å². The largest absolute Gasteiger partial charge is 0.497 e. The molecule has 0 aliphatic rings. The smallest absolute Gasteiger partial charge is 0.134 e. The van der Waals surface area contributed by atoms with Crippen LogP contribution in [-0.4, -0.2) is 29.8 Å². The first-order chi connectivity index (χ1) is 9.63. The van der Waals surface area contributed by atoms with Gasteiger partial charge in [0.15, 0.2) is 0 Å². The molecule has 0 spiro atoms. The highest BCUT2D eigenvalue weighted by molar-refractivity contribution is 5.92. The summed E-state index contributed by atoms with van der Waals surface area (Å²) in [6.07, 6.45) is 2.68. The number of pyridine rings is 1. The van der Waals surface area contributed by atoms with E-state index in [0.717, 1.165) is 28.8 Å².